The maximum Gasteiger partial charge on any atom is 0.275 e. The third-order valence-corrected chi connectivity index (χ3v) is 5.22. The highest BCUT2D eigenvalue weighted by atomic mass is 32.1. The van der Waals surface area contributed by atoms with Crippen LogP contribution in [0.4, 0.5) is 0 Å². The summed E-state index contributed by atoms with van der Waals surface area (Å²) in [4.78, 5) is 18.2. The number of hydrogen-bond acceptors (Lipinski definition) is 4. The van der Waals surface area contributed by atoms with Crippen LogP contribution in [0.15, 0.2) is 6.07 Å². The number of amides is 1. The Balaban J connectivity index is 1.92. The second kappa shape index (κ2) is 5.61. The topological polar surface area (TPSA) is 72.9 Å². The lowest BCUT2D eigenvalue weighted by Gasteiger charge is -2.14. The standard InChI is InChI=1S/C15H20N4OS/c1-9-11(7-14(21-9)15(20)18-16)8-19-10(2)17-12-5-3-4-6-13(12)19/h7H,3-6,8,16H2,1-2H3,(H,18,20). The van der Waals surface area contributed by atoms with Crippen molar-refractivity contribution in [2.45, 2.75) is 46.1 Å². The third kappa shape index (κ3) is 2.61. The fourth-order valence-electron chi connectivity index (χ4n) is 2.98. The molecule has 1 aliphatic carbocycles. The number of nitrogen functional groups attached to an aromatic ring is 1. The molecule has 0 aliphatic heterocycles. The molecule has 112 valence electrons. The first-order valence-electron chi connectivity index (χ1n) is 7.25. The summed E-state index contributed by atoms with van der Waals surface area (Å²) in [5, 5.41) is 0. The number of aromatic nitrogens is 2. The van der Waals surface area contributed by atoms with Crippen LogP contribution in [0.5, 0.6) is 0 Å². The Kier molecular flexibility index (Phi) is 3.82. The van der Waals surface area contributed by atoms with E-state index in [1.807, 2.05) is 13.0 Å². The van der Waals surface area contributed by atoms with E-state index in [9.17, 15) is 4.79 Å². The lowest BCUT2D eigenvalue weighted by Crippen LogP contribution is -2.29. The van der Waals surface area contributed by atoms with Gasteiger partial charge in [-0.05, 0) is 51.2 Å². The molecular formula is C15H20N4OS. The van der Waals surface area contributed by atoms with Crippen molar-refractivity contribution in [3.8, 4) is 0 Å². The van der Waals surface area contributed by atoms with Gasteiger partial charge in [-0.15, -0.1) is 11.3 Å². The average molecular weight is 304 g/mol. The highest BCUT2D eigenvalue weighted by Crippen LogP contribution is 2.26. The molecule has 0 fully saturated rings. The minimum absolute atomic E-state index is 0.223. The lowest BCUT2D eigenvalue weighted by molar-refractivity contribution is 0.0957. The second-order valence-corrected chi connectivity index (χ2v) is 6.77. The fraction of sp³-hybridized carbons (Fsp3) is 0.467. The number of thiophene rings is 1. The van der Waals surface area contributed by atoms with Crippen LogP contribution in [0.2, 0.25) is 0 Å². The molecule has 2 aromatic rings. The third-order valence-electron chi connectivity index (χ3n) is 4.13. The van der Waals surface area contributed by atoms with E-state index in [1.165, 1.54) is 41.1 Å². The molecule has 5 nitrogen and oxygen atoms in total. The Morgan fingerprint density at radius 3 is 2.95 bits per heavy atom. The maximum absolute atomic E-state index is 11.6. The molecule has 0 radical (unpaired) electrons. The molecular weight excluding hydrogens is 284 g/mol. The number of aryl methyl sites for hydroxylation is 3. The molecule has 2 aromatic heterocycles. The Morgan fingerprint density at radius 1 is 1.43 bits per heavy atom. The van der Waals surface area contributed by atoms with Crippen LogP contribution in [0.1, 0.15) is 50.2 Å². The zero-order chi connectivity index (χ0) is 15.0. The number of imidazole rings is 1. The SMILES string of the molecule is Cc1sc(C(=O)NN)cc1Cn1c(C)nc2c1CCCC2. The van der Waals surface area contributed by atoms with Crippen molar-refractivity contribution in [1.82, 2.24) is 15.0 Å². The largest absolute Gasteiger partial charge is 0.328 e. The highest BCUT2D eigenvalue weighted by molar-refractivity contribution is 7.14. The van der Waals surface area contributed by atoms with E-state index in [0.29, 0.717) is 4.88 Å². The summed E-state index contributed by atoms with van der Waals surface area (Å²) < 4.78 is 2.30. The monoisotopic (exact) mass is 304 g/mol. The van der Waals surface area contributed by atoms with Gasteiger partial charge in [0, 0.05) is 10.6 Å². The number of carbonyl (C=O) groups is 1. The van der Waals surface area contributed by atoms with Crippen molar-refractivity contribution >= 4 is 17.2 Å². The predicted molar refractivity (Wildman–Crippen MR) is 83.4 cm³/mol. The van der Waals surface area contributed by atoms with Crippen LogP contribution in [0, 0.1) is 13.8 Å². The Morgan fingerprint density at radius 2 is 2.19 bits per heavy atom. The number of carbonyl (C=O) groups excluding carboxylic acids is 1. The van der Waals surface area contributed by atoms with E-state index in [0.717, 1.165) is 30.1 Å². The van der Waals surface area contributed by atoms with Crippen molar-refractivity contribution in [1.29, 1.82) is 0 Å². The van der Waals surface area contributed by atoms with Crippen LogP contribution in [0.25, 0.3) is 0 Å². The quantitative estimate of drug-likeness (QED) is 0.518. The normalized spacial score (nSPS) is 14.0. The van der Waals surface area contributed by atoms with E-state index in [4.69, 9.17) is 10.8 Å². The molecule has 3 rings (SSSR count). The number of nitrogens with two attached hydrogens (primary N) is 1. The zero-order valence-electron chi connectivity index (χ0n) is 12.4. The Labute approximate surface area is 128 Å². The highest BCUT2D eigenvalue weighted by Gasteiger charge is 2.19. The van der Waals surface area contributed by atoms with Gasteiger partial charge in [-0.2, -0.15) is 0 Å². The summed E-state index contributed by atoms with van der Waals surface area (Å²) in [5.41, 5.74) is 5.99. The van der Waals surface area contributed by atoms with Gasteiger partial charge in [-0.3, -0.25) is 10.2 Å². The molecule has 0 spiro atoms. The number of nitrogens with one attached hydrogen (secondary N) is 1. The van der Waals surface area contributed by atoms with E-state index < -0.39 is 0 Å². The molecule has 0 atom stereocenters. The van der Waals surface area contributed by atoms with Gasteiger partial charge in [-0.1, -0.05) is 0 Å². The number of rotatable bonds is 3. The maximum atomic E-state index is 11.6. The van der Waals surface area contributed by atoms with Gasteiger partial charge < -0.3 is 4.57 Å². The number of nitrogens with zero attached hydrogens (tertiary/aromatic N) is 2. The van der Waals surface area contributed by atoms with E-state index in [1.54, 1.807) is 0 Å². The Hall–Kier alpha value is -1.66. The lowest BCUT2D eigenvalue weighted by atomic mass is 10.0. The van der Waals surface area contributed by atoms with Gasteiger partial charge in [0.2, 0.25) is 0 Å². The molecule has 0 saturated heterocycles. The predicted octanol–water partition coefficient (Wildman–Crippen LogP) is 2.09. The van der Waals surface area contributed by atoms with Crippen LogP contribution in [-0.2, 0) is 19.4 Å². The van der Waals surface area contributed by atoms with Gasteiger partial charge in [0.25, 0.3) is 5.91 Å². The van der Waals surface area contributed by atoms with Gasteiger partial charge in [0.05, 0.1) is 17.1 Å². The van der Waals surface area contributed by atoms with Gasteiger partial charge in [0.15, 0.2) is 0 Å². The zero-order valence-corrected chi connectivity index (χ0v) is 13.2. The molecule has 2 heterocycles. The van der Waals surface area contributed by atoms with Gasteiger partial charge in [0.1, 0.15) is 5.82 Å². The van der Waals surface area contributed by atoms with Crippen molar-refractivity contribution in [2.75, 3.05) is 0 Å². The van der Waals surface area contributed by atoms with Crippen LogP contribution in [0.3, 0.4) is 0 Å². The summed E-state index contributed by atoms with van der Waals surface area (Å²) in [5.74, 6) is 6.05. The summed E-state index contributed by atoms with van der Waals surface area (Å²) >= 11 is 1.49. The molecule has 3 N–H and O–H groups in total. The smallest absolute Gasteiger partial charge is 0.275 e. The molecule has 1 amide bonds. The van der Waals surface area contributed by atoms with Crippen LogP contribution in [-0.4, -0.2) is 15.5 Å². The van der Waals surface area contributed by atoms with Crippen molar-refractivity contribution in [3.63, 3.8) is 0 Å². The molecule has 0 aromatic carbocycles. The number of hydrogen-bond donors (Lipinski definition) is 2. The summed E-state index contributed by atoms with van der Waals surface area (Å²) in [6.45, 7) is 4.90. The van der Waals surface area contributed by atoms with E-state index in [2.05, 4.69) is 16.9 Å². The number of hydrazine groups is 1. The van der Waals surface area contributed by atoms with Crippen LogP contribution >= 0.6 is 11.3 Å². The van der Waals surface area contributed by atoms with Gasteiger partial charge in [-0.25, -0.2) is 10.8 Å². The summed E-state index contributed by atoms with van der Waals surface area (Å²) in [6.07, 6.45) is 4.67. The first kappa shape index (κ1) is 14.3. The first-order valence-corrected chi connectivity index (χ1v) is 8.07. The fourth-order valence-corrected chi connectivity index (χ4v) is 3.91. The van der Waals surface area contributed by atoms with E-state index >= 15 is 0 Å². The minimum Gasteiger partial charge on any atom is -0.328 e. The minimum atomic E-state index is -0.223. The average Bonchev–Trinajstić information content (AvgIpc) is 3.00. The molecule has 0 saturated carbocycles. The van der Waals surface area contributed by atoms with Gasteiger partial charge >= 0.3 is 0 Å². The van der Waals surface area contributed by atoms with Crippen LogP contribution < -0.4 is 11.3 Å². The molecule has 0 unspecified atom stereocenters. The van der Waals surface area contributed by atoms with Crippen molar-refractivity contribution in [2.24, 2.45) is 5.84 Å². The molecule has 6 heteroatoms. The molecule has 21 heavy (non-hydrogen) atoms. The summed E-state index contributed by atoms with van der Waals surface area (Å²) in [7, 11) is 0. The number of fused-ring (bicyclic) bond motifs is 1. The Bertz CT molecular complexity index is 686. The molecule has 0 bridgehead atoms. The van der Waals surface area contributed by atoms with Crippen molar-refractivity contribution in [3.05, 3.63) is 38.6 Å². The van der Waals surface area contributed by atoms with E-state index in [-0.39, 0.29) is 5.91 Å². The van der Waals surface area contributed by atoms with Crippen molar-refractivity contribution < 1.29 is 4.79 Å². The second-order valence-electron chi connectivity index (χ2n) is 5.51. The summed E-state index contributed by atoms with van der Waals surface area (Å²) in [6, 6.07) is 1.94. The molecule has 1 aliphatic rings. The first-order chi connectivity index (χ1) is 10.1.